The average Bonchev–Trinajstić information content (AvgIpc) is 2.75. The molecule has 1 atom stereocenters. The Balaban J connectivity index is 2.77. The van der Waals surface area contributed by atoms with E-state index in [1.54, 1.807) is 4.72 Å². The zero-order valence-electron chi connectivity index (χ0n) is 8.80. The molecule has 7 nitrogen and oxygen atoms in total. The van der Waals surface area contributed by atoms with Crippen LogP contribution in [0.3, 0.4) is 0 Å². The fourth-order valence-corrected chi connectivity index (χ4v) is 2.06. The van der Waals surface area contributed by atoms with Crippen LogP contribution in [0.1, 0.15) is 10.5 Å². The molecule has 18 heavy (non-hydrogen) atoms. The Morgan fingerprint density at radius 1 is 1.50 bits per heavy atom. The molecule has 1 aromatic rings. The molecule has 0 spiro atoms. The number of hydrogen-bond donors (Lipinski definition) is 4. The first-order valence-electron chi connectivity index (χ1n) is 4.61. The zero-order chi connectivity index (χ0) is 13.9. The quantitative estimate of drug-likeness (QED) is 0.567. The van der Waals surface area contributed by atoms with Crippen LogP contribution in [0.4, 0.5) is 8.78 Å². The van der Waals surface area contributed by atoms with Crippen molar-refractivity contribution >= 4 is 16.0 Å². The maximum atomic E-state index is 11.9. The molecule has 0 bridgehead atoms. The monoisotopic (exact) mass is 284 g/mol. The molecule has 0 aliphatic rings. The molecule has 1 heterocycles. The van der Waals surface area contributed by atoms with E-state index in [2.05, 4.69) is 4.98 Å². The molecule has 4 N–H and O–H groups in total. The number of halogens is 2. The van der Waals surface area contributed by atoms with E-state index in [4.69, 9.17) is 10.2 Å². The number of aromatic carboxylic acids is 1. The second-order valence-electron chi connectivity index (χ2n) is 3.31. The Bertz CT molecular complexity index is 527. The summed E-state index contributed by atoms with van der Waals surface area (Å²) in [4.78, 5) is 12.3. The Hall–Kier alpha value is -1.52. The van der Waals surface area contributed by atoms with Crippen LogP contribution in [-0.2, 0) is 10.0 Å². The molecule has 0 aromatic carbocycles. The Labute approximate surface area is 100 Å². The highest BCUT2D eigenvalue weighted by Gasteiger charge is 2.22. The number of aromatic amines is 1. The van der Waals surface area contributed by atoms with Crippen molar-refractivity contribution in [3.8, 4) is 0 Å². The molecule has 0 aliphatic heterocycles. The first-order valence-corrected chi connectivity index (χ1v) is 6.10. The molecule has 0 saturated heterocycles. The zero-order valence-corrected chi connectivity index (χ0v) is 9.62. The summed E-state index contributed by atoms with van der Waals surface area (Å²) in [6.45, 7) is -0.867. The van der Waals surface area contributed by atoms with Gasteiger partial charge in [0, 0.05) is 12.7 Å². The van der Waals surface area contributed by atoms with E-state index < -0.39 is 40.0 Å². The molecule has 1 unspecified atom stereocenters. The van der Waals surface area contributed by atoms with Crippen molar-refractivity contribution in [1.82, 2.24) is 9.71 Å². The van der Waals surface area contributed by atoms with Crippen LogP contribution in [0.2, 0.25) is 0 Å². The van der Waals surface area contributed by atoms with Gasteiger partial charge < -0.3 is 15.2 Å². The number of carboxylic acid groups (broad SMARTS) is 1. The second-order valence-corrected chi connectivity index (χ2v) is 5.07. The van der Waals surface area contributed by atoms with Crippen molar-refractivity contribution in [3.63, 3.8) is 0 Å². The molecule has 0 saturated carbocycles. The SMILES string of the molecule is O=C(O)c1cc(S(=O)(=O)NCC(O)C(F)F)c[nH]1. The van der Waals surface area contributed by atoms with E-state index in [1.807, 2.05) is 0 Å². The minimum absolute atomic E-state index is 0.357. The number of hydrogen-bond acceptors (Lipinski definition) is 4. The highest BCUT2D eigenvalue weighted by atomic mass is 32.2. The van der Waals surface area contributed by atoms with Crippen LogP contribution in [-0.4, -0.2) is 48.7 Å². The molecule has 0 fully saturated rings. The summed E-state index contributed by atoms with van der Waals surface area (Å²) in [6, 6.07) is 0.833. The molecule has 0 aliphatic carbocycles. The number of aliphatic hydroxyl groups excluding tert-OH is 1. The number of aliphatic hydroxyl groups is 1. The summed E-state index contributed by atoms with van der Waals surface area (Å²) in [5.74, 6) is -1.36. The van der Waals surface area contributed by atoms with Gasteiger partial charge in [0.05, 0.1) is 0 Å². The molecule has 0 radical (unpaired) electrons. The summed E-state index contributed by atoms with van der Waals surface area (Å²) >= 11 is 0. The third-order valence-electron chi connectivity index (χ3n) is 1.97. The predicted molar refractivity (Wildman–Crippen MR) is 55.0 cm³/mol. The molecular formula is C8H10F2N2O5S. The molecule has 10 heteroatoms. The van der Waals surface area contributed by atoms with Crippen molar-refractivity contribution < 1.29 is 32.2 Å². The lowest BCUT2D eigenvalue weighted by atomic mass is 10.4. The van der Waals surface area contributed by atoms with E-state index in [-0.39, 0.29) is 5.69 Å². The largest absolute Gasteiger partial charge is 0.477 e. The molecule has 102 valence electrons. The van der Waals surface area contributed by atoms with Crippen LogP contribution >= 0.6 is 0 Å². The van der Waals surface area contributed by atoms with Crippen molar-refractivity contribution in [1.29, 1.82) is 0 Å². The van der Waals surface area contributed by atoms with Gasteiger partial charge >= 0.3 is 5.97 Å². The first-order chi connectivity index (χ1) is 8.24. The summed E-state index contributed by atoms with van der Waals surface area (Å²) in [5.41, 5.74) is -0.357. The fourth-order valence-electron chi connectivity index (χ4n) is 1.02. The van der Waals surface area contributed by atoms with E-state index in [1.165, 1.54) is 0 Å². The highest BCUT2D eigenvalue weighted by Crippen LogP contribution is 2.11. The van der Waals surface area contributed by atoms with E-state index >= 15 is 0 Å². The third-order valence-corrected chi connectivity index (χ3v) is 3.37. The molecule has 1 aromatic heterocycles. The molecule has 0 amide bonds. The van der Waals surface area contributed by atoms with Crippen LogP contribution in [0, 0.1) is 0 Å². The van der Waals surface area contributed by atoms with Gasteiger partial charge in [0.15, 0.2) is 0 Å². The second kappa shape index (κ2) is 5.42. The minimum atomic E-state index is -4.14. The smallest absolute Gasteiger partial charge is 0.352 e. The highest BCUT2D eigenvalue weighted by molar-refractivity contribution is 7.89. The first kappa shape index (κ1) is 14.5. The Morgan fingerprint density at radius 3 is 2.56 bits per heavy atom. The van der Waals surface area contributed by atoms with Crippen molar-refractivity contribution in [2.75, 3.05) is 6.54 Å². The van der Waals surface area contributed by atoms with Crippen LogP contribution < -0.4 is 4.72 Å². The van der Waals surface area contributed by atoms with Gasteiger partial charge in [0.25, 0.3) is 6.43 Å². The van der Waals surface area contributed by atoms with Crippen LogP contribution in [0.15, 0.2) is 17.2 Å². The fraction of sp³-hybridized carbons (Fsp3) is 0.375. The van der Waals surface area contributed by atoms with Crippen molar-refractivity contribution in [2.45, 2.75) is 17.4 Å². The third kappa shape index (κ3) is 3.48. The van der Waals surface area contributed by atoms with E-state index in [0.717, 1.165) is 12.3 Å². The number of aromatic nitrogens is 1. The lowest BCUT2D eigenvalue weighted by Gasteiger charge is -2.10. The van der Waals surface area contributed by atoms with E-state index in [0.29, 0.717) is 0 Å². The summed E-state index contributed by atoms with van der Waals surface area (Å²) < 4.78 is 48.7. The number of H-pyrrole nitrogens is 1. The maximum absolute atomic E-state index is 11.9. The Kier molecular flexibility index (Phi) is 4.38. The number of alkyl halides is 2. The maximum Gasteiger partial charge on any atom is 0.352 e. The van der Waals surface area contributed by atoms with Gasteiger partial charge in [-0.3, -0.25) is 0 Å². The standard InChI is InChI=1S/C8H10F2N2O5S/c9-7(10)6(13)3-12-18(16,17)4-1-5(8(14)15)11-2-4/h1-2,6-7,11-13H,3H2,(H,14,15). The molecule has 1 rings (SSSR count). The average molecular weight is 284 g/mol. The summed E-state index contributed by atoms with van der Waals surface area (Å²) in [7, 11) is -4.14. The number of rotatable bonds is 6. The topological polar surface area (TPSA) is 119 Å². The lowest BCUT2D eigenvalue weighted by molar-refractivity contribution is -0.000451. The lowest BCUT2D eigenvalue weighted by Crippen LogP contribution is -2.35. The number of carboxylic acids is 1. The van der Waals surface area contributed by atoms with Crippen LogP contribution in [0.5, 0.6) is 0 Å². The van der Waals surface area contributed by atoms with Gasteiger partial charge in [-0.05, 0) is 6.07 Å². The summed E-state index contributed by atoms with van der Waals surface area (Å²) in [6.07, 6.45) is -4.30. The van der Waals surface area contributed by atoms with Gasteiger partial charge in [0.1, 0.15) is 16.7 Å². The summed E-state index contributed by atoms with van der Waals surface area (Å²) in [5, 5.41) is 17.3. The predicted octanol–water partition coefficient (Wildman–Crippen LogP) is -0.383. The van der Waals surface area contributed by atoms with Crippen molar-refractivity contribution in [2.24, 2.45) is 0 Å². The van der Waals surface area contributed by atoms with E-state index in [9.17, 15) is 22.0 Å². The van der Waals surface area contributed by atoms with Gasteiger partial charge in [-0.1, -0.05) is 0 Å². The number of nitrogens with one attached hydrogen (secondary N) is 2. The Morgan fingerprint density at radius 2 is 2.11 bits per heavy atom. The van der Waals surface area contributed by atoms with Gasteiger partial charge in [0.2, 0.25) is 10.0 Å². The van der Waals surface area contributed by atoms with Gasteiger partial charge in [-0.25, -0.2) is 26.7 Å². The van der Waals surface area contributed by atoms with Crippen molar-refractivity contribution in [3.05, 3.63) is 18.0 Å². The number of sulfonamides is 1. The van der Waals surface area contributed by atoms with Crippen LogP contribution in [0.25, 0.3) is 0 Å². The molecular weight excluding hydrogens is 274 g/mol. The minimum Gasteiger partial charge on any atom is -0.477 e. The van der Waals surface area contributed by atoms with Gasteiger partial charge in [-0.2, -0.15) is 0 Å². The normalized spacial score (nSPS) is 13.8. The van der Waals surface area contributed by atoms with Gasteiger partial charge in [-0.15, -0.1) is 0 Å². The number of carbonyl (C=O) groups is 1.